The van der Waals surface area contributed by atoms with E-state index in [2.05, 4.69) is 27.5 Å². The number of anilines is 2. The average molecular weight is 277 g/mol. The second kappa shape index (κ2) is 7.67. The Hall–Kier alpha value is -1.85. The number of amides is 1. The number of piperidine rings is 1. The van der Waals surface area contributed by atoms with Crippen LogP contribution in [0.3, 0.4) is 0 Å². The topological polar surface area (TPSA) is 70.2 Å². The van der Waals surface area contributed by atoms with Gasteiger partial charge < -0.3 is 15.5 Å². The number of nitrogens with one attached hydrogen (secondary N) is 2. The van der Waals surface area contributed by atoms with Crippen LogP contribution in [-0.4, -0.2) is 47.0 Å². The number of likely N-dealkylation sites (tertiary alicyclic amines) is 1. The molecule has 1 aliphatic heterocycles. The lowest BCUT2D eigenvalue weighted by Crippen LogP contribution is -2.39. The molecule has 0 atom stereocenters. The fraction of sp³-hybridized carbons (Fsp3) is 0.643. The summed E-state index contributed by atoms with van der Waals surface area (Å²) in [5, 5.41) is 6.20. The minimum atomic E-state index is 0.145. The summed E-state index contributed by atoms with van der Waals surface area (Å²) in [5.41, 5.74) is 0. The SMILES string of the molecule is CCCNc1nccc(NCC(=O)N2CCCCC2)n1. The van der Waals surface area contributed by atoms with Gasteiger partial charge in [0.2, 0.25) is 11.9 Å². The Morgan fingerprint density at radius 3 is 2.85 bits per heavy atom. The van der Waals surface area contributed by atoms with Crippen LogP contribution in [0.4, 0.5) is 11.8 Å². The zero-order valence-corrected chi connectivity index (χ0v) is 12.1. The predicted molar refractivity (Wildman–Crippen MR) is 79.7 cm³/mol. The van der Waals surface area contributed by atoms with Gasteiger partial charge in [-0.25, -0.2) is 4.98 Å². The summed E-state index contributed by atoms with van der Waals surface area (Å²) in [5.74, 6) is 1.43. The van der Waals surface area contributed by atoms with E-state index in [0.29, 0.717) is 18.3 Å². The molecule has 2 heterocycles. The standard InChI is InChI=1S/C14H23N5O/c1-2-7-15-14-16-8-6-12(18-14)17-11-13(20)19-9-4-3-5-10-19/h6,8H,2-5,7,9-11H2,1H3,(H2,15,16,17,18). The molecule has 20 heavy (non-hydrogen) atoms. The molecule has 6 nitrogen and oxygen atoms in total. The van der Waals surface area contributed by atoms with Crippen molar-refractivity contribution in [3.05, 3.63) is 12.3 Å². The van der Waals surface area contributed by atoms with Crippen LogP contribution in [0.1, 0.15) is 32.6 Å². The summed E-state index contributed by atoms with van der Waals surface area (Å²) in [7, 11) is 0. The fourth-order valence-corrected chi connectivity index (χ4v) is 2.20. The Morgan fingerprint density at radius 1 is 1.30 bits per heavy atom. The van der Waals surface area contributed by atoms with Gasteiger partial charge in [0.1, 0.15) is 5.82 Å². The summed E-state index contributed by atoms with van der Waals surface area (Å²) in [6.45, 7) is 4.99. The molecule has 1 saturated heterocycles. The Morgan fingerprint density at radius 2 is 2.10 bits per heavy atom. The van der Waals surface area contributed by atoms with Crippen molar-refractivity contribution in [2.45, 2.75) is 32.6 Å². The fourth-order valence-electron chi connectivity index (χ4n) is 2.20. The molecule has 6 heteroatoms. The maximum absolute atomic E-state index is 12.0. The molecule has 0 saturated carbocycles. The molecule has 1 amide bonds. The van der Waals surface area contributed by atoms with Crippen molar-refractivity contribution in [3.8, 4) is 0 Å². The minimum absolute atomic E-state index is 0.145. The number of nitrogens with zero attached hydrogens (tertiary/aromatic N) is 3. The van der Waals surface area contributed by atoms with Gasteiger partial charge in [0.05, 0.1) is 6.54 Å². The third-order valence-corrected chi connectivity index (χ3v) is 3.32. The lowest BCUT2D eigenvalue weighted by atomic mass is 10.1. The zero-order valence-electron chi connectivity index (χ0n) is 12.1. The van der Waals surface area contributed by atoms with Crippen LogP contribution in [0.15, 0.2) is 12.3 Å². The molecule has 0 bridgehead atoms. The summed E-state index contributed by atoms with van der Waals surface area (Å²) in [4.78, 5) is 22.4. The number of hydrogen-bond donors (Lipinski definition) is 2. The average Bonchev–Trinajstić information content (AvgIpc) is 2.52. The van der Waals surface area contributed by atoms with Gasteiger partial charge in [-0.3, -0.25) is 4.79 Å². The lowest BCUT2D eigenvalue weighted by molar-refractivity contribution is -0.130. The number of hydrogen-bond acceptors (Lipinski definition) is 5. The summed E-state index contributed by atoms with van der Waals surface area (Å²) in [6, 6.07) is 1.78. The number of carbonyl (C=O) groups excluding carboxylic acids is 1. The van der Waals surface area contributed by atoms with Gasteiger partial charge in [0.25, 0.3) is 0 Å². The van der Waals surface area contributed by atoms with E-state index in [0.717, 1.165) is 38.9 Å². The molecule has 0 spiro atoms. The van der Waals surface area contributed by atoms with Crippen LogP contribution in [0.5, 0.6) is 0 Å². The molecule has 0 unspecified atom stereocenters. The van der Waals surface area contributed by atoms with Crippen LogP contribution >= 0.6 is 0 Å². The number of rotatable bonds is 6. The monoisotopic (exact) mass is 277 g/mol. The molecule has 0 aromatic carbocycles. The first kappa shape index (κ1) is 14.6. The number of aromatic nitrogens is 2. The Balaban J connectivity index is 1.82. The summed E-state index contributed by atoms with van der Waals surface area (Å²) in [6.07, 6.45) is 6.18. The number of carbonyl (C=O) groups is 1. The third kappa shape index (κ3) is 4.36. The first-order valence-corrected chi connectivity index (χ1v) is 7.38. The van der Waals surface area contributed by atoms with Crippen molar-refractivity contribution < 1.29 is 4.79 Å². The van der Waals surface area contributed by atoms with E-state index in [9.17, 15) is 4.79 Å². The van der Waals surface area contributed by atoms with Crippen LogP contribution in [-0.2, 0) is 4.79 Å². The van der Waals surface area contributed by atoms with Crippen LogP contribution in [0, 0.1) is 0 Å². The lowest BCUT2D eigenvalue weighted by Gasteiger charge is -2.26. The molecule has 0 radical (unpaired) electrons. The molecule has 0 aliphatic carbocycles. The molecule has 1 fully saturated rings. The largest absolute Gasteiger partial charge is 0.361 e. The second-order valence-electron chi connectivity index (χ2n) is 4.99. The normalized spacial score (nSPS) is 14.9. The highest BCUT2D eigenvalue weighted by Gasteiger charge is 2.15. The molecular formula is C14H23N5O. The van der Waals surface area contributed by atoms with Crippen molar-refractivity contribution in [1.82, 2.24) is 14.9 Å². The first-order chi connectivity index (χ1) is 9.79. The van der Waals surface area contributed by atoms with E-state index < -0.39 is 0 Å². The van der Waals surface area contributed by atoms with Crippen LogP contribution < -0.4 is 10.6 Å². The smallest absolute Gasteiger partial charge is 0.241 e. The van der Waals surface area contributed by atoms with Gasteiger partial charge in [-0.05, 0) is 31.7 Å². The van der Waals surface area contributed by atoms with Gasteiger partial charge in [0.15, 0.2) is 0 Å². The molecular weight excluding hydrogens is 254 g/mol. The Bertz CT molecular complexity index is 431. The van der Waals surface area contributed by atoms with E-state index in [-0.39, 0.29) is 5.91 Å². The molecule has 1 aromatic heterocycles. The molecule has 2 N–H and O–H groups in total. The molecule has 110 valence electrons. The Kier molecular flexibility index (Phi) is 5.58. The van der Waals surface area contributed by atoms with Crippen molar-refractivity contribution in [2.24, 2.45) is 0 Å². The van der Waals surface area contributed by atoms with Gasteiger partial charge in [-0.2, -0.15) is 4.98 Å². The van der Waals surface area contributed by atoms with E-state index in [1.165, 1.54) is 6.42 Å². The van der Waals surface area contributed by atoms with Crippen LogP contribution in [0.25, 0.3) is 0 Å². The highest BCUT2D eigenvalue weighted by molar-refractivity contribution is 5.80. The predicted octanol–water partition coefficient (Wildman–Crippen LogP) is 1.72. The molecule has 1 aromatic rings. The van der Waals surface area contributed by atoms with Crippen molar-refractivity contribution in [3.63, 3.8) is 0 Å². The van der Waals surface area contributed by atoms with Gasteiger partial charge in [-0.15, -0.1) is 0 Å². The first-order valence-electron chi connectivity index (χ1n) is 7.38. The van der Waals surface area contributed by atoms with Crippen LogP contribution in [0.2, 0.25) is 0 Å². The molecule has 1 aliphatic rings. The van der Waals surface area contributed by atoms with Crippen molar-refractivity contribution in [1.29, 1.82) is 0 Å². The van der Waals surface area contributed by atoms with Gasteiger partial charge in [0, 0.05) is 25.8 Å². The molecule has 2 rings (SSSR count). The Labute approximate surface area is 120 Å². The van der Waals surface area contributed by atoms with Crippen molar-refractivity contribution >= 4 is 17.7 Å². The quantitative estimate of drug-likeness (QED) is 0.828. The highest BCUT2D eigenvalue weighted by Crippen LogP contribution is 2.10. The minimum Gasteiger partial charge on any atom is -0.361 e. The van der Waals surface area contributed by atoms with Crippen molar-refractivity contribution in [2.75, 3.05) is 36.8 Å². The van der Waals surface area contributed by atoms with Gasteiger partial charge in [-0.1, -0.05) is 6.92 Å². The zero-order chi connectivity index (χ0) is 14.2. The third-order valence-electron chi connectivity index (χ3n) is 3.32. The second-order valence-corrected chi connectivity index (χ2v) is 4.99. The highest BCUT2D eigenvalue weighted by atomic mass is 16.2. The van der Waals surface area contributed by atoms with Gasteiger partial charge >= 0.3 is 0 Å². The van der Waals surface area contributed by atoms with E-state index in [1.54, 1.807) is 12.3 Å². The summed E-state index contributed by atoms with van der Waals surface area (Å²) < 4.78 is 0. The van der Waals surface area contributed by atoms with E-state index in [4.69, 9.17) is 0 Å². The maximum Gasteiger partial charge on any atom is 0.241 e. The summed E-state index contributed by atoms with van der Waals surface area (Å²) >= 11 is 0. The maximum atomic E-state index is 12.0. The van der Waals surface area contributed by atoms with E-state index in [1.807, 2.05) is 4.90 Å². The van der Waals surface area contributed by atoms with E-state index >= 15 is 0 Å².